The van der Waals surface area contributed by atoms with E-state index in [1.165, 1.54) is 12.0 Å². The molecule has 1 aromatic heterocycles. The number of ether oxygens (including phenoxy) is 1. The van der Waals surface area contributed by atoms with E-state index in [2.05, 4.69) is 14.9 Å². The number of H-pyrrole nitrogens is 1. The molecule has 0 spiro atoms. The highest BCUT2D eigenvalue weighted by Gasteiger charge is 2.37. The Hall–Kier alpha value is -2.05. The van der Waals surface area contributed by atoms with E-state index in [0.717, 1.165) is 0 Å². The first-order chi connectivity index (χ1) is 8.04. The molecular formula is C10H14N4O3. The van der Waals surface area contributed by atoms with Gasteiger partial charge in [0.15, 0.2) is 5.82 Å². The van der Waals surface area contributed by atoms with Crippen LogP contribution in [0.5, 0.6) is 0 Å². The van der Waals surface area contributed by atoms with Crippen molar-refractivity contribution in [2.75, 3.05) is 24.3 Å². The number of hydrogen-bond acceptors (Lipinski definition) is 5. The molecular weight excluding hydrogens is 224 g/mol. The van der Waals surface area contributed by atoms with Gasteiger partial charge in [0.2, 0.25) is 5.91 Å². The van der Waals surface area contributed by atoms with Crippen LogP contribution in [0.3, 0.4) is 0 Å². The minimum atomic E-state index is -0.429. The molecule has 3 N–H and O–H groups in total. The highest BCUT2D eigenvalue weighted by molar-refractivity contribution is 6.01. The number of carbonyl (C=O) groups is 2. The van der Waals surface area contributed by atoms with E-state index in [0.29, 0.717) is 11.4 Å². The SMILES string of the molecule is COC(=O)C1CC(=O)N(c2c(N)n[nH]c2C)C1. The average molecular weight is 238 g/mol. The molecule has 1 amide bonds. The molecule has 1 aliphatic rings. The summed E-state index contributed by atoms with van der Waals surface area (Å²) in [5.74, 6) is -0.681. The number of carbonyl (C=O) groups excluding carboxylic acids is 2. The lowest BCUT2D eigenvalue weighted by Gasteiger charge is -2.15. The Kier molecular flexibility index (Phi) is 2.74. The van der Waals surface area contributed by atoms with Crippen LogP contribution in [-0.2, 0) is 14.3 Å². The Bertz CT molecular complexity index is 449. The molecule has 7 nitrogen and oxygen atoms in total. The number of methoxy groups -OCH3 is 1. The fourth-order valence-corrected chi connectivity index (χ4v) is 2.03. The maximum Gasteiger partial charge on any atom is 0.311 e. The molecule has 0 saturated carbocycles. The standard InChI is InChI=1S/C10H14N4O3/c1-5-8(9(11)13-12-5)14-4-6(3-7(14)15)10(16)17-2/h6H,3-4H2,1-2H3,(H3,11,12,13). The minimum Gasteiger partial charge on any atom is -0.469 e. The van der Waals surface area contributed by atoms with E-state index in [9.17, 15) is 9.59 Å². The van der Waals surface area contributed by atoms with Crippen molar-refractivity contribution in [3.63, 3.8) is 0 Å². The number of aromatic amines is 1. The quantitative estimate of drug-likeness (QED) is 0.696. The van der Waals surface area contributed by atoms with Crippen LogP contribution >= 0.6 is 0 Å². The van der Waals surface area contributed by atoms with Crippen molar-refractivity contribution in [1.29, 1.82) is 0 Å². The normalized spacial score (nSPS) is 19.8. The first-order valence-corrected chi connectivity index (χ1v) is 5.23. The van der Waals surface area contributed by atoms with E-state index >= 15 is 0 Å². The van der Waals surface area contributed by atoms with Crippen molar-refractivity contribution in [3.8, 4) is 0 Å². The van der Waals surface area contributed by atoms with Gasteiger partial charge >= 0.3 is 5.97 Å². The third-order valence-corrected chi connectivity index (χ3v) is 2.87. The molecule has 2 rings (SSSR count). The molecule has 1 fully saturated rings. The van der Waals surface area contributed by atoms with Gasteiger partial charge in [0.05, 0.1) is 18.7 Å². The van der Waals surface area contributed by atoms with Crippen LogP contribution in [0, 0.1) is 12.8 Å². The molecule has 1 saturated heterocycles. The van der Waals surface area contributed by atoms with Crippen molar-refractivity contribution in [2.45, 2.75) is 13.3 Å². The summed E-state index contributed by atoms with van der Waals surface area (Å²) in [6.45, 7) is 2.06. The highest BCUT2D eigenvalue weighted by atomic mass is 16.5. The number of hydrogen-bond donors (Lipinski definition) is 2. The van der Waals surface area contributed by atoms with Crippen LogP contribution < -0.4 is 10.6 Å². The van der Waals surface area contributed by atoms with Crippen LogP contribution in [0.1, 0.15) is 12.1 Å². The number of anilines is 2. The minimum absolute atomic E-state index is 0.142. The zero-order chi connectivity index (χ0) is 12.6. The second kappa shape index (κ2) is 4.08. The maximum atomic E-state index is 11.8. The lowest BCUT2D eigenvalue weighted by molar-refractivity contribution is -0.145. The molecule has 2 heterocycles. The lowest BCUT2D eigenvalue weighted by Crippen LogP contribution is -2.27. The van der Waals surface area contributed by atoms with Gasteiger partial charge in [-0.2, -0.15) is 5.10 Å². The van der Waals surface area contributed by atoms with Gasteiger partial charge in [0.25, 0.3) is 0 Å². The van der Waals surface area contributed by atoms with Crippen molar-refractivity contribution in [3.05, 3.63) is 5.69 Å². The number of nitrogens with one attached hydrogen (secondary N) is 1. The molecule has 0 aromatic carbocycles. The average Bonchev–Trinajstić information content (AvgIpc) is 2.82. The summed E-state index contributed by atoms with van der Waals surface area (Å²) in [5.41, 5.74) is 6.95. The van der Waals surface area contributed by atoms with E-state index in [1.54, 1.807) is 6.92 Å². The molecule has 0 radical (unpaired) electrons. The summed E-state index contributed by atoms with van der Waals surface area (Å²) < 4.78 is 4.64. The Morgan fingerprint density at radius 3 is 2.88 bits per heavy atom. The summed E-state index contributed by atoms with van der Waals surface area (Å²) in [4.78, 5) is 24.7. The molecule has 1 aliphatic heterocycles. The van der Waals surface area contributed by atoms with Crippen molar-refractivity contribution >= 4 is 23.4 Å². The Morgan fingerprint density at radius 1 is 1.65 bits per heavy atom. The monoisotopic (exact) mass is 238 g/mol. The molecule has 7 heteroatoms. The van der Waals surface area contributed by atoms with Crippen molar-refractivity contribution in [2.24, 2.45) is 5.92 Å². The number of esters is 1. The van der Waals surface area contributed by atoms with Crippen LogP contribution in [0.25, 0.3) is 0 Å². The molecule has 1 aromatic rings. The number of nitrogen functional groups attached to an aromatic ring is 1. The number of nitrogens with zero attached hydrogens (tertiary/aromatic N) is 2. The first-order valence-electron chi connectivity index (χ1n) is 5.23. The van der Waals surface area contributed by atoms with Crippen LogP contribution in [0.15, 0.2) is 0 Å². The summed E-state index contributed by atoms with van der Waals surface area (Å²) in [6.07, 6.45) is 0.150. The van der Waals surface area contributed by atoms with Gasteiger partial charge in [-0.3, -0.25) is 14.7 Å². The zero-order valence-electron chi connectivity index (χ0n) is 9.69. The van der Waals surface area contributed by atoms with Gasteiger partial charge in [-0.25, -0.2) is 0 Å². The van der Waals surface area contributed by atoms with Crippen molar-refractivity contribution in [1.82, 2.24) is 10.2 Å². The Balaban J connectivity index is 2.25. The molecule has 0 bridgehead atoms. The molecule has 92 valence electrons. The fraction of sp³-hybridized carbons (Fsp3) is 0.500. The van der Waals surface area contributed by atoms with Gasteiger partial charge in [0, 0.05) is 13.0 Å². The van der Waals surface area contributed by atoms with E-state index in [-0.39, 0.29) is 30.7 Å². The van der Waals surface area contributed by atoms with Crippen LogP contribution in [-0.4, -0.2) is 35.7 Å². The summed E-state index contributed by atoms with van der Waals surface area (Å²) in [7, 11) is 1.31. The van der Waals surface area contributed by atoms with Gasteiger partial charge < -0.3 is 15.4 Å². The highest BCUT2D eigenvalue weighted by Crippen LogP contribution is 2.31. The molecule has 1 unspecified atom stereocenters. The Morgan fingerprint density at radius 2 is 2.35 bits per heavy atom. The fourth-order valence-electron chi connectivity index (χ4n) is 2.03. The van der Waals surface area contributed by atoms with Gasteiger partial charge in [0.1, 0.15) is 5.69 Å². The number of rotatable bonds is 2. The summed E-state index contributed by atoms with van der Waals surface area (Å²) >= 11 is 0. The summed E-state index contributed by atoms with van der Waals surface area (Å²) in [5, 5.41) is 6.54. The number of nitrogens with two attached hydrogens (primary N) is 1. The number of amides is 1. The lowest BCUT2D eigenvalue weighted by atomic mass is 10.1. The summed E-state index contributed by atoms with van der Waals surface area (Å²) in [6, 6.07) is 0. The molecule has 17 heavy (non-hydrogen) atoms. The predicted octanol–water partition coefficient (Wildman–Crippen LogP) is -0.174. The molecule has 0 aliphatic carbocycles. The van der Waals surface area contributed by atoms with E-state index in [4.69, 9.17) is 5.73 Å². The van der Waals surface area contributed by atoms with Gasteiger partial charge in [-0.1, -0.05) is 0 Å². The predicted molar refractivity (Wildman–Crippen MR) is 60.2 cm³/mol. The number of aryl methyl sites for hydroxylation is 1. The largest absolute Gasteiger partial charge is 0.469 e. The Labute approximate surface area is 97.9 Å². The maximum absolute atomic E-state index is 11.8. The van der Waals surface area contributed by atoms with Crippen LogP contribution in [0.4, 0.5) is 11.5 Å². The molecule has 1 atom stereocenters. The van der Waals surface area contributed by atoms with Gasteiger partial charge in [-0.05, 0) is 6.92 Å². The van der Waals surface area contributed by atoms with E-state index in [1.807, 2.05) is 0 Å². The van der Waals surface area contributed by atoms with E-state index < -0.39 is 5.92 Å². The zero-order valence-corrected chi connectivity index (χ0v) is 9.69. The van der Waals surface area contributed by atoms with Crippen LogP contribution in [0.2, 0.25) is 0 Å². The second-order valence-electron chi connectivity index (χ2n) is 4.01. The number of aromatic nitrogens is 2. The smallest absolute Gasteiger partial charge is 0.311 e. The second-order valence-corrected chi connectivity index (χ2v) is 4.01. The first kappa shape index (κ1) is 11.4. The third kappa shape index (κ3) is 1.83. The topological polar surface area (TPSA) is 101 Å². The van der Waals surface area contributed by atoms with Gasteiger partial charge in [-0.15, -0.1) is 0 Å². The van der Waals surface area contributed by atoms with Crippen molar-refractivity contribution < 1.29 is 14.3 Å². The third-order valence-electron chi connectivity index (χ3n) is 2.87.